The molecule has 0 saturated carbocycles. The fourth-order valence-corrected chi connectivity index (χ4v) is 3.60. The number of para-hydroxylation sites is 1. The lowest BCUT2D eigenvalue weighted by Crippen LogP contribution is -2.28. The first-order valence-electron chi connectivity index (χ1n) is 9.68. The van der Waals surface area contributed by atoms with Crippen LogP contribution in [0.5, 0.6) is 0 Å². The summed E-state index contributed by atoms with van der Waals surface area (Å²) in [5.74, 6) is -0.368. The summed E-state index contributed by atoms with van der Waals surface area (Å²) in [6, 6.07) is 14.2. The van der Waals surface area contributed by atoms with Gasteiger partial charge in [0.15, 0.2) is 11.5 Å². The first-order valence-corrected chi connectivity index (χ1v) is 9.68. The summed E-state index contributed by atoms with van der Waals surface area (Å²) in [5, 5.41) is 8.03. The monoisotopic (exact) mass is 390 g/mol. The van der Waals surface area contributed by atoms with Crippen LogP contribution in [0.2, 0.25) is 0 Å². The number of anilines is 1. The van der Waals surface area contributed by atoms with E-state index in [0.29, 0.717) is 16.9 Å². The van der Waals surface area contributed by atoms with Gasteiger partial charge in [-0.15, -0.1) is 0 Å². The molecule has 0 spiro atoms. The zero-order valence-corrected chi connectivity index (χ0v) is 16.2. The summed E-state index contributed by atoms with van der Waals surface area (Å²) in [4.78, 5) is 38.6. The van der Waals surface area contributed by atoms with Gasteiger partial charge >= 0.3 is 0 Å². The predicted molar refractivity (Wildman–Crippen MR) is 110 cm³/mol. The summed E-state index contributed by atoms with van der Waals surface area (Å²) in [6.45, 7) is 2.98. The highest BCUT2D eigenvalue weighted by atomic mass is 16.2. The molecule has 0 bridgehead atoms. The minimum Gasteiger partial charge on any atom is -0.337 e. The molecule has 1 aromatic heterocycles. The Labute approximate surface area is 168 Å². The third-order valence-electron chi connectivity index (χ3n) is 5.12. The van der Waals surface area contributed by atoms with Crippen molar-refractivity contribution in [2.24, 2.45) is 0 Å². The lowest BCUT2D eigenvalue weighted by molar-refractivity contribution is -0.116. The van der Waals surface area contributed by atoms with Crippen LogP contribution < -0.4 is 5.32 Å². The average Bonchev–Trinajstić information content (AvgIpc) is 3.37. The number of nitrogens with one attached hydrogen (secondary N) is 1. The van der Waals surface area contributed by atoms with Gasteiger partial charge in [-0.05, 0) is 50.1 Å². The van der Waals surface area contributed by atoms with Crippen molar-refractivity contribution in [3.63, 3.8) is 0 Å². The molecule has 0 unspecified atom stereocenters. The Balaban J connectivity index is 1.55. The molecule has 7 nitrogen and oxygen atoms in total. The van der Waals surface area contributed by atoms with Crippen molar-refractivity contribution < 1.29 is 14.4 Å². The first kappa shape index (κ1) is 18.9. The van der Waals surface area contributed by atoms with Gasteiger partial charge in [0.2, 0.25) is 5.91 Å². The van der Waals surface area contributed by atoms with Crippen LogP contribution in [-0.4, -0.2) is 45.4 Å². The molecule has 1 N–H and O–H groups in total. The maximum atomic E-state index is 12.9. The molecule has 29 heavy (non-hydrogen) atoms. The van der Waals surface area contributed by atoms with Gasteiger partial charge in [-0.1, -0.05) is 18.2 Å². The van der Waals surface area contributed by atoms with E-state index in [1.807, 2.05) is 29.2 Å². The van der Waals surface area contributed by atoms with E-state index in [-0.39, 0.29) is 24.1 Å². The Hall–Kier alpha value is -3.48. The SMILES string of the molecule is CC(=O)c1ccc(NC(=O)Cn2nc(C(=O)N3CCCC3)c3ccccc32)cc1. The maximum absolute atomic E-state index is 12.9. The molecule has 1 saturated heterocycles. The van der Waals surface area contributed by atoms with E-state index in [9.17, 15) is 14.4 Å². The second-order valence-corrected chi connectivity index (χ2v) is 7.20. The number of carbonyl (C=O) groups is 3. The van der Waals surface area contributed by atoms with E-state index in [2.05, 4.69) is 10.4 Å². The molecule has 1 aliphatic heterocycles. The van der Waals surface area contributed by atoms with Crippen molar-refractivity contribution in [2.45, 2.75) is 26.3 Å². The zero-order valence-electron chi connectivity index (χ0n) is 16.2. The molecule has 2 amide bonds. The molecule has 3 aromatic rings. The third kappa shape index (κ3) is 3.89. The van der Waals surface area contributed by atoms with Crippen LogP contribution in [0.4, 0.5) is 5.69 Å². The van der Waals surface area contributed by atoms with Crippen molar-refractivity contribution >= 4 is 34.2 Å². The number of rotatable bonds is 5. The van der Waals surface area contributed by atoms with Gasteiger partial charge in [-0.3, -0.25) is 19.1 Å². The normalized spacial score (nSPS) is 13.6. The molecule has 1 aliphatic rings. The van der Waals surface area contributed by atoms with E-state index in [4.69, 9.17) is 0 Å². The second kappa shape index (κ2) is 7.87. The van der Waals surface area contributed by atoms with Gasteiger partial charge < -0.3 is 10.2 Å². The van der Waals surface area contributed by atoms with Gasteiger partial charge in [0.05, 0.1) is 5.52 Å². The highest BCUT2D eigenvalue weighted by molar-refractivity contribution is 6.05. The highest BCUT2D eigenvalue weighted by Crippen LogP contribution is 2.22. The topological polar surface area (TPSA) is 84.3 Å². The quantitative estimate of drug-likeness (QED) is 0.679. The van der Waals surface area contributed by atoms with E-state index in [1.165, 1.54) is 6.92 Å². The highest BCUT2D eigenvalue weighted by Gasteiger charge is 2.25. The predicted octanol–water partition coefficient (Wildman–Crippen LogP) is 3.11. The summed E-state index contributed by atoms with van der Waals surface area (Å²) >= 11 is 0. The number of likely N-dealkylation sites (tertiary alicyclic amines) is 1. The Morgan fingerprint density at radius 2 is 1.69 bits per heavy atom. The van der Waals surface area contributed by atoms with Gasteiger partial charge in [-0.25, -0.2) is 0 Å². The number of ketones is 1. The van der Waals surface area contributed by atoms with Crippen molar-refractivity contribution in [1.82, 2.24) is 14.7 Å². The number of Topliss-reactive ketones (excluding diaryl/α,β-unsaturated/α-hetero) is 1. The summed E-state index contributed by atoms with van der Waals surface area (Å²) in [5.41, 5.74) is 2.33. The molecule has 7 heteroatoms. The standard InChI is InChI=1S/C22H22N4O3/c1-15(27)16-8-10-17(11-9-16)23-20(28)14-26-19-7-3-2-6-18(19)21(24-26)22(29)25-12-4-5-13-25/h2-3,6-11H,4-5,12-14H2,1H3,(H,23,28). The number of amides is 2. The zero-order chi connectivity index (χ0) is 20.4. The molecular weight excluding hydrogens is 368 g/mol. The maximum Gasteiger partial charge on any atom is 0.275 e. The lowest BCUT2D eigenvalue weighted by Gasteiger charge is -2.13. The van der Waals surface area contributed by atoms with Gasteiger partial charge in [-0.2, -0.15) is 5.10 Å². The molecule has 0 radical (unpaired) electrons. The van der Waals surface area contributed by atoms with Crippen LogP contribution in [0.15, 0.2) is 48.5 Å². The van der Waals surface area contributed by atoms with Gasteiger partial charge in [0.1, 0.15) is 6.54 Å². The third-order valence-corrected chi connectivity index (χ3v) is 5.12. The van der Waals surface area contributed by atoms with Crippen LogP contribution >= 0.6 is 0 Å². The molecule has 1 fully saturated rings. The van der Waals surface area contributed by atoms with Crippen molar-refractivity contribution in [3.8, 4) is 0 Å². The van der Waals surface area contributed by atoms with Crippen molar-refractivity contribution in [1.29, 1.82) is 0 Å². The number of hydrogen-bond acceptors (Lipinski definition) is 4. The van der Waals surface area contributed by atoms with Crippen LogP contribution in [0.25, 0.3) is 10.9 Å². The molecule has 148 valence electrons. The Morgan fingerprint density at radius 3 is 2.38 bits per heavy atom. The van der Waals surface area contributed by atoms with Crippen LogP contribution in [0.3, 0.4) is 0 Å². The molecule has 4 rings (SSSR count). The number of nitrogens with zero attached hydrogens (tertiary/aromatic N) is 3. The van der Waals surface area contributed by atoms with Gasteiger partial charge in [0.25, 0.3) is 5.91 Å². The summed E-state index contributed by atoms with van der Waals surface area (Å²) in [6.07, 6.45) is 2.02. The van der Waals surface area contributed by atoms with E-state index in [0.717, 1.165) is 36.8 Å². The number of benzene rings is 2. The second-order valence-electron chi connectivity index (χ2n) is 7.20. The van der Waals surface area contributed by atoms with Crippen LogP contribution in [0, 0.1) is 0 Å². The Kier molecular flexibility index (Phi) is 5.12. The number of hydrogen-bond donors (Lipinski definition) is 1. The minimum absolute atomic E-state index is 0.0117. The number of carbonyl (C=O) groups excluding carboxylic acids is 3. The fraction of sp³-hybridized carbons (Fsp3) is 0.273. The van der Waals surface area contributed by atoms with Gasteiger partial charge in [0, 0.05) is 29.7 Å². The molecular formula is C22H22N4O3. The minimum atomic E-state index is -0.256. The van der Waals surface area contributed by atoms with Crippen molar-refractivity contribution in [2.75, 3.05) is 18.4 Å². The smallest absolute Gasteiger partial charge is 0.275 e. The number of fused-ring (bicyclic) bond motifs is 1. The Bertz CT molecular complexity index is 1080. The van der Waals surface area contributed by atoms with E-state index < -0.39 is 0 Å². The first-order chi connectivity index (χ1) is 14.0. The molecule has 0 aliphatic carbocycles. The average molecular weight is 390 g/mol. The lowest BCUT2D eigenvalue weighted by atomic mass is 10.1. The molecule has 0 atom stereocenters. The van der Waals surface area contributed by atoms with Crippen molar-refractivity contribution in [3.05, 3.63) is 59.8 Å². The van der Waals surface area contributed by atoms with E-state index >= 15 is 0 Å². The Morgan fingerprint density at radius 1 is 1.00 bits per heavy atom. The summed E-state index contributed by atoms with van der Waals surface area (Å²) < 4.78 is 1.57. The molecule has 2 heterocycles. The summed E-state index contributed by atoms with van der Waals surface area (Å²) in [7, 11) is 0. The van der Waals surface area contributed by atoms with Crippen LogP contribution in [0.1, 0.15) is 40.6 Å². The van der Waals surface area contributed by atoms with Crippen LogP contribution in [-0.2, 0) is 11.3 Å². The number of aromatic nitrogens is 2. The fourth-order valence-electron chi connectivity index (χ4n) is 3.60. The van der Waals surface area contributed by atoms with E-state index in [1.54, 1.807) is 28.9 Å². The largest absolute Gasteiger partial charge is 0.337 e. The molecule has 2 aromatic carbocycles.